The summed E-state index contributed by atoms with van der Waals surface area (Å²) in [5.41, 5.74) is 6.47. The highest BCUT2D eigenvalue weighted by atomic mass is 31.1. The molecule has 5 heteroatoms. The van der Waals surface area contributed by atoms with Gasteiger partial charge in [0.05, 0.1) is 14.2 Å². The number of allylic oxidation sites excluding steroid dienone is 2. The first-order valence-electron chi connectivity index (χ1n) is 11.3. The zero-order valence-electron chi connectivity index (χ0n) is 21.3. The maximum absolute atomic E-state index is 12.4. The molecule has 0 saturated heterocycles. The van der Waals surface area contributed by atoms with Gasteiger partial charge in [0, 0.05) is 17.3 Å². The number of hydrogen-bond donors (Lipinski definition) is 0. The van der Waals surface area contributed by atoms with Crippen LogP contribution < -0.4 is 20.1 Å². The van der Waals surface area contributed by atoms with Gasteiger partial charge in [-0.2, -0.15) is 0 Å². The van der Waals surface area contributed by atoms with Crippen molar-refractivity contribution in [3.05, 3.63) is 69.8 Å². The van der Waals surface area contributed by atoms with Gasteiger partial charge in [-0.25, -0.2) is 0 Å². The lowest BCUT2D eigenvalue weighted by molar-refractivity contribution is -0.105. The van der Waals surface area contributed by atoms with Gasteiger partial charge in [-0.1, -0.05) is 12.2 Å². The molecule has 0 spiro atoms. The van der Waals surface area contributed by atoms with Gasteiger partial charge in [0.25, 0.3) is 0 Å². The quantitative estimate of drug-likeness (QED) is 0.417. The van der Waals surface area contributed by atoms with Crippen molar-refractivity contribution < 1.29 is 14.3 Å². The fourth-order valence-corrected chi connectivity index (χ4v) is 7.85. The summed E-state index contributed by atoms with van der Waals surface area (Å²) >= 11 is 0. The number of likely N-dealkylation sites (N-methyl/N-ethyl adjacent to an activating group) is 1. The SMILES string of the molecule is COc1c(C)cc(P(c2cc(C)c(OC)c(C)c2)C2C=CC(C(C)N(C)C)=C2C=O)cc1C. The first kappa shape index (κ1) is 25.2. The maximum Gasteiger partial charge on any atom is 0.147 e. The molecule has 1 aliphatic carbocycles. The molecule has 176 valence electrons. The number of methoxy groups -OCH3 is 2. The molecule has 0 fully saturated rings. The zero-order chi connectivity index (χ0) is 24.4. The van der Waals surface area contributed by atoms with Crippen LogP contribution in [-0.2, 0) is 4.79 Å². The Balaban J connectivity index is 2.26. The summed E-state index contributed by atoms with van der Waals surface area (Å²) in [5.74, 6) is 1.84. The zero-order valence-corrected chi connectivity index (χ0v) is 22.2. The lowest BCUT2D eigenvalue weighted by atomic mass is 10.0. The number of carbonyl (C=O) groups is 1. The number of nitrogens with zero attached hydrogens (tertiary/aromatic N) is 1. The third-order valence-electron chi connectivity index (χ3n) is 6.59. The normalized spacial score (nSPS) is 16.6. The molecule has 2 unspecified atom stereocenters. The molecule has 0 aliphatic heterocycles. The standard InChI is InChI=1S/C28H36NO3P/c1-17-12-22(13-18(2)27(17)31-8)33(23-14-19(3)28(32-9)20(4)15-23)26-11-10-24(25(26)16-30)21(5)29(6)7/h10-16,21,26H,1-9H3. The van der Waals surface area contributed by atoms with Crippen molar-refractivity contribution in [3.8, 4) is 11.5 Å². The Morgan fingerprint density at radius 2 is 1.30 bits per heavy atom. The number of benzene rings is 2. The summed E-state index contributed by atoms with van der Waals surface area (Å²) in [6.07, 6.45) is 5.46. The predicted octanol–water partition coefficient (Wildman–Crippen LogP) is 4.75. The van der Waals surface area contributed by atoms with Crippen LogP contribution in [0.4, 0.5) is 0 Å². The smallest absolute Gasteiger partial charge is 0.147 e. The third kappa shape index (κ3) is 4.78. The van der Waals surface area contributed by atoms with E-state index in [1.54, 1.807) is 14.2 Å². The molecular formula is C28H36NO3P. The van der Waals surface area contributed by atoms with Crippen molar-refractivity contribution in [3.63, 3.8) is 0 Å². The topological polar surface area (TPSA) is 38.8 Å². The number of carbonyl (C=O) groups excluding carboxylic acids is 1. The van der Waals surface area contributed by atoms with Gasteiger partial charge in [0.2, 0.25) is 0 Å². The Morgan fingerprint density at radius 3 is 1.64 bits per heavy atom. The second-order valence-corrected chi connectivity index (χ2v) is 11.4. The summed E-state index contributed by atoms with van der Waals surface area (Å²) < 4.78 is 11.3. The largest absolute Gasteiger partial charge is 0.496 e. The van der Waals surface area contributed by atoms with E-state index in [-0.39, 0.29) is 11.7 Å². The van der Waals surface area contributed by atoms with Crippen LogP contribution in [0.15, 0.2) is 47.6 Å². The van der Waals surface area contributed by atoms with Crippen LogP contribution in [0.2, 0.25) is 0 Å². The summed E-state index contributed by atoms with van der Waals surface area (Å²) in [7, 11) is 6.67. The molecule has 33 heavy (non-hydrogen) atoms. The highest BCUT2D eigenvalue weighted by Gasteiger charge is 2.33. The van der Waals surface area contributed by atoms with Gasteiger partial charge < -0.3 is 14.4 Å². The van der Waals surface area contributed by atoms with Gasteiger partial charge in [-0.15, -0.1) is 0 Å². The Labute approximate surface area is 200 Å². The summed E-state index contributed by atoms with van der Waals surface area (Å²) in [6, 6.07) is 9.10. The maximum atomic E-state index is 12.4. The van der Waals surface area contributed by atoms with Gasteiger partial charge in [0.1, 0.15) is 17.8 Å². The molecule has 0 N–H and O–H groups in total. The first-order valence-corrected chi connectivity index (χ1v) is 12.7. The second kappa shape index (κ2) is 10.2. The number of aldehydes is 1. The number of ether oxygens (including phenoxy) is 2. The molecule has 1 aliphatic rings. The van der Waals surface area contributed by atoms with E-state index in [1.165, 1.54) is 10.6 Å². The molecular weight excluding hydrogens is 429 g/mol. The molecule has 0 radical (unpaired) electrons. The third-order valence-corrected chi connectivity index (χ3v) is 9.23. The van der Waals surface area contributed by atoms with Crippen molar-refractivity contribution in [2.45, 2.75) is 46.3 Å². The minimum Gasteiger partial charge on any atom is -0.496 e. The Kier molecular flexibility index (Phi) is 7.82. The van der Waals surface area contributed by atoms with E-state index in [4.69, 9.17) is 9.47 Å². The highest BCUT2D eigenvalue weighted by Crippen LogP contribution is 2.48. The van der Waals surface area contributed by atoms with E-state index in [1.807, 2.05) is 0 Å². The van der Waals surface area contributed by atoms with Crippen LogP contribution in [0.1, 0.15) is 29.2 Å². The molecule has 0 saturated carbocycles. The highest BCUT2D eigenvalue weighted by molar-refractivity contribution is 7.74. The van der Waals surface area contributed by atoms with Crippen molar-refractivity contribution in [1.29, 1.82) is 0 Å². The average molecular weight is 466 g/mol. The second-order valence-electron chi connectivity index (χ2n) is 9.07. The molecule has 2 atom stereocenters. The van der Waals surface area contributed by atoms with Crippen molar-refractivity contribution in [2.75, 3.05) is 28.3 Å². The average Bonchev–Trinajstić information content (AvgIpc) is 3.16. The van der Waals surface area contributed by atoms with Crippen LogP contribution in [0.25, 0.3) is 0 Å². The van der Waals surface area contributed by atoms with Crippen LogP contribution in [0.3, 0.4) is 0 Å². The van der Waals surface area contributed by atoms with Crippen molar-refractivity contribution in [2.24, 2.45) is 0 Å². The van der Waals surface area contributed by atoms with Crippen LogP contribution in [0.5, 0.6) is 11.5 Å². The van der Waals surface area contributed by atoms with E-state index in [9.17, 15) is 4.79 Å². The molecule has 4 nitrogen and oxygen atoms in total. The molecule has 2 aromatic carbocycles. The number of hydrogen-bond acceptors (Lipinski definition) is 4. The Morgan fingerprint density at radius 1 is 0.879 bits per heavy atom. The van der Waals surface area contributed by atoms with Gasteiger partial charge in [-0.05, 0) is 119 Å². The number of aryl methyl sites for hydroxylation is 4. The minimum absolute atomic E-state index is 0.0225. The van der Waals surface area contributed by atoms with E-state index in [0.29, 0.717) is 0 Å². The lowest BCUT2D eigenvalue weighted by Gasteiger charge is -2.29. The fraction of sp³-hybridized carbons (Fsp3) is 0.393. The summed E-state index contributed by atoms with van der Waals surface area (Å²) in [5, 5.41) is 2.50. The molecule has 0 aromatic heterocycles. The molecule has 0 amide bonds. The predicted molar refractivity (Wildman–Crippen MR) is 140 cm³/mol. The molecule has 3 rings (SSSR count). The van der Waals surface area contributed by atoms with Crippen LogP contribution >= 0.6 is 7.92 Å². The first-order chi connectivity index (χ1) is 15.6. The van der Waals surface area contributed by atoms with Crippen molar-refractivity contribution >= 4 is 24.8 Å². The monoisotopic (exact) mass is 465 g/mol. The van der Waals surface area contributed by atoms with E-state index in [0.717, 1.165) is 51.2 Å². The molecule has 0 heterocycles. The summed E-state index contributed by atoms with van der Waals surface area (Å²) in [4.78, 5) is 14.6. The van der Waals surface area contributed by atoms with E-state index >= 15 is 0 Å². The van der Waals surface area contributed by atoms with E-state index < -0.39 is 7.92 Å². The van der Waals surface area contributed by atoms with Crippen LogP contribution in [-0.4, -0.2) is 51.2 Å². The van der Waals surface area contributed by atoms with E-state index in [2.05, 4.69) is 90.0 Å². The summed E-state index contributed by atoms with van der Waals surface area (Å²) in [6.45, 7) is 10.5. The Bertz CT molecular complexity index is 1010. The molecule has 0 bridgehead atoms. The number of rotatable bonds is 8. The minimum atomic E-state index is -0.873. The van der Waals surface area contributed by atoms with Crippen molar-refractivity contribution in [1.82, 2.24) is 4.90 Å². The van der Waals surface area contributed by atoms with Gasteiger partial charge in [-0.3, -0.25) is 4.79 Å². The Hall–Kier alpha value is -2.42. The fourth-order valence-electron chi connectivity index (χ4n) is 4.83. The van der Waals surface area contributed by atoms with Crippen LogP contribution in [0, 0.1) is 27.7 Å². The van der Waals surface area contributed by atoms with Gasteiger partial charge in [0.15, 0.2) is 0 Å². The molecule has 2 aromatic rings. The lowest BCUT2D eigenvalue weighted by Crippen LogP contribution is -2.28. The van der Waals surface area contributed by atoms with Gasteiger partial charge >= 0.3 is 0 Å².